The lowest BCUT2D eigenvalue weighted by atomic mass is 10.1. The van der Waals surface area contributed by atoms with Crippen molar-refractivity contribution in [3.8, 4) is 5.75 Å². The molecular formula is C14H18O2. The van der Waals surface area contributed by atoms with Gasteiger partial charge in [0.15, 0.2) is 5.78 Å². The van der Waals surface area contributed by atoms with Crippen LogP contribution in [-0.4, -0.2) is 10.9 Å². The molecule has 0 saturated heterocycles. The van der Waals surface area contributed by atoms with E-state index in [1.54, 1.807) is 24.3 Å². The maximum atomic E-state index is 11.7. The third-order valence-electron chi connectivity index (χ3n) is 2.41. The van der Waals surface area contributed by atoms with E-state index >= 15 is 0 Å². The van der Waals surface area contributed by atoms with Gasteiger partial charge in [-0.3, -0.25) is 4.79 Å². The van der Waals surface area contributed by atoms with E-state index in [4.69, 9.17) is 0 Å². The molecule has 0 radical (unpaired) electrons. The van der Waals surface area contributed by atoms with E-state index in [1.807, 2.05) is 6.08 Å². The summed E-state index contributed by atoms with van der Waals surface area (Å²) in [6.45, 7) is 2.15. The molecule has 0 spiro atoms. The number of rotatable bonds is 6. The Labute approximate surface area is 96.6 Å². The summed E-state index contributed by atoms with van der Waals surface area (Å²) < 4.78 is 0. The molecule has 1 N–H and O–H groups in total. The largest absolute Gasteiger partial charge is 0.507 e. The van der Waals surface area contributed by atoms with E-state index in [1.165, 1.54) is 18.9 Å². The van der Waals surface area contributed by atoms with Crippen molar-refractivity contribution in [1.29, 1.82) is 0 Å². The fourth-order valence-corrected chi connectivity index (χ4v) is 1.47. The van der Waals surface area contributed by atoms with Gasteiger partial charge in [-0.15, -0.1) is 0 Å². The third kappa shape index (κ3) is 3.89. The minimum Gasteiger partial charge on any atom is -0.507 e. The molecule has 0 fully saturated rings. The van der Waals surface area contributed by atoms with Crippen LogP contribution in [0.1, 0.15) is 43.0 Å². The van der Waals surface area contributed by atoms with Crippen LogP contribution in [0.4, 0.5) is 0 Å². The number of hydrogen-bond donors (Lipinski definition) is 1. The Morgan fingerprint density at radius 2 is 2.06 bits per heavy atom. The molecule has 0 aliphatic carbocycles. The quantitative estimate of drug-likeness (QED) is 0.449. The van der Waals surface area contributed by atoms with Crippen LogP contribution in [0.3, 0.4) is 0 Å². The number of carbonyl (C=O) groups excluding carboxylic acids is 1. The lowest BCUT2D eigenvalue weighted by Crippen LogP contribution is -1.94. The van der Waals surface area contributed by atoms with Crippen LogP contribution in [0.5, 0.6) is 5.75 Å². The Balaban J connectivity index is 2.49. The monoisotopic (exact) mass is 218 g/mol. The average Bonchev–Trinajstić information content (AvgIpc) is 2.29. The van der Waals surface area contributed by atoms with Gasteiger partial charge in [0.1, 0.15) is 5.75 Å². The summed E-state index contributed by atoms with van der Waals surface area (Å²) in [5, 5.41) is 9.47. The molecule has 0 unspecified atom stereocenters. The van der Waals surface area contributed by atoms with Crippen molar-refractivity contribution in [1.82, 2.24) is 0 Å². The highest BCUT2D eigenvalue weighted by molar-refractivity contribution is 6.06. The molecule has 1 aromatic rings. The van der Waals surface area contributed by atoms with Crippen molar-refractivity contribution < 1.29 is 9.90 Å². The minimum atomic E-state index is -0.130. The zero-order valence-electron chi connectivity index (χ0n) is 9.65. The van der Waals surface area contributed by atoms with Crippen LogP contribution in [-0.2, 0) is 0 Å². The highest BCUT2D eigenvalue weighted by atomic mass is 16.3. The second-order valence-electron chi connectivity index (χ2n) is 3.78. The molecule has 1 aromatic carbocycles. The van der Waals surface area contributed by atoms with Gasteiger partial charge in [-0.25, -0.2) is 0 Å². The molecule has 0 amide bonds. The van der Waals surface area contributed by atoms with Crippen molar-refractivity contribution >= 4 is 5.78 Å². The summed E-state index contributed by atoms with van der Waals surface area (Å²) in [7, 11) is 0. The maximum Gasteiger partial charge on any atom is 0.189 e. The third-order valence-corrected chi connectivity index (χ3v) is 2.41. The van der Waals surface area contributed by atoms with Gasteiger partial charge < -0.3 is 5.11 Å². The first-order valence-electron chi connectivity index (χ1n) is 5.74. The van der Waals surface area contributed by atoms with Crippen LogP contribution in [0.15, 0.2) is 36.4 Å². The molecule has 0 heterocycles. The van der Waals surface area contributed by atoms with Gasteiger partial charge in [0, 0.05) is 0 Å². The molecule has 2 heteroatoms. The van der Waals surface area contributed by atoms with Crippen molar-refractivity contribution in [2.45, 2.75) is 32.6 Å². The second kappa shape index (κ2) is 6.83. The van der Waals surface area contributed by atoms with E-state index in [2.05, 4.69) is 6.92 Å². The molecule has 0 bridgehead atoms. The average molecular weight is 218 g/mol. The highest BCUT2D eigenvalue weighted by Gasteiger charge is 2.05. The molecule has 2 nitrogen and oxygen atoms in total. The summed E-state index contributed by atoms with van der Waals surface area (Å²) in [6, 6.07) is 6.61. The zero-order chi connectivity index (χ0) is 11.8. The van der Waals surface area contributed by atoms with Crippen molar-refractivity contribution in [3.05, 3.63) is 42.0 Å². The van der Waals surface area contributed by atoms with E-state index in [9.17, 15) is 9.90 Å². The summed E-state index contributed by atoms with van der Waals surface area (Å²) in [5.41, 5.74) is 0.370. The van der Waals surface area contributed by atoms with E-state index < -0.39 is 0 Å². The predicted molar refractivity (Wildman–Crippen MR) is 65.7 cm³/mol. The van der Waals surface area contributed by atoms with Gasteiger partial charge in [-0.05, 0) is 31.1 Å². The van der Waals surface area contributed by atoms with Crippen molar-refractivity contribution in [2.75, 3.05) is 0 Å². The van der Waals surface area contributed by atoms with Gasteiger partial charge in [0.25, 0.3) is 0 Å². The summed E-state index contributed by atoms with van der Waals surface area (Å²) in [5.74, 6) is -0.0830. The highest BCUT2D eigenvalue weighted by Crippen LogP contribution is 2.16. The van der Waals surface area contributed by atoms with Gasteiger partial charge in [-0.2, -0.15) is 0 Å². The lowest BCUT2D eigenvalue weighted by molar-refractivity contribution is 0.104. The molecular weight excluding hydrogens is 200 g/mol. The van der Waals surface area contributed by atoms with Gasteiger partial charge in [0.05, 0.1) is 5.56 Å². The Kier molecular flexibility index (Phi) is 5.34. The van der Waals surface area contributed by atoms with E-state index in [-0.39, 0.29) is 11.5 Å². The Bertz CT molecular complexity index is 367. The molecule has 0 saturated carbocycles. The van der Waals surface area contributed by atoms with E-state index in [0.29, 0.717) is 5.56 Å². The van der Waals surface area contributed by atoms with Crippen molar-refractivity contribution in [3.63, 3.8) is 0 Å². The Morgan fingerprint density at radius 1 is 1.31 bits per heavy atom. The standard InChI is InChI=1S/C14H18O2/c1-2-3-4-5-6-10-13(15)12-9-7-8-11-14(12)16/h6-11,16H,2-5H2,1H3/b10-6+. The lowest BCUT2D eigenvalue weighted by Gasteiger charge is -1.98. The first-order chi connectivity index (χ1) is 7.75. The molecule has 0 aliphatic rings. The van der Waals surface area contributed by atoms with E-state index in [0.717, 1.165) is 12.8 Å². The normalized spacial score (nSPS) is 10.8. The molecule has 0 aromatic heterocycles. The zero-order valence-corrected chi connectivity index (χ0v) is 9.65. The number of para-hydroxylation sites is 1. The summed E-state index contributed by atoms with van der Waals surface area (Å²) in [6.07, 6.45) is 7.83. The van der Waals surface area contributed by atoms with Crippen LogP contribution < -0.4 is 0 Å². The topological polar surface area (TPSA) is 37.3 Å². The summed E-state index contributed by atoms with van der Waals surface area (Å²) >= 11 is 0. The number of unbranched alkanes of at least 4 members (excludes halogenated alkanes) is 3. The van der Waals surface area contributed by atoms with Crippen LogP contribution in [0.2, 0.25) is 0 Å². The number of hydrogen-bond acceptors (Lipinski definition) is 2. The predicted octanol–water partition coefficient (Wildman–Crippen LogP) is 3.71. The fourth-order valence-electron chi connectivity index (χ4n) is 1.47. The fraction of sp³-hybridized carbons (Fsp3) is 0.357. The SMILES string of the molecule is CCCCC/C=C/C(=O)c1ccccc1O. The molecule has 1 rings (SSSR count). The number of allylic oxidation sites excluding steroid dienone is 2. The number of benzene rings is 1. The number of phenolic OH excluding ortho intramolecular Hbond substituents is 1. The Hall–Kier alpha value is -1.57. The molecule has 86 valence electrons. The first kappa shape index (κ1) is 12.5. The number of ketones is 1. The van der Waals surface area contributed by atoms with Crippen LogP contribution in [0.25, 0.3) is 0 Å². The first-order valence-corrected chi connectivity index (χ1v) is 5.74. The van der Waals surface area contributed by atoms with Gasteiger partial charge in [0.2, 0.25) is 0 Å². The Morgan fingerprint density at radius 3 is 2.75 bits per heavy atom. The number of carbonyl (C=O) groups is 1. The molecule has 0 atom stereocenters. The van der Waals surface area contributed by atoms with Crippen LogP contribution >= 0.6 is 0 Å². The van der Waals surface area contributed by atoms with Gasteiger partial charge in [-0.1, -0.05) is 38.0 Å². The second-order valence-corrected chi connectivity index (χ2v) is 3.78. The van der Waals surface area contributed by atoms with Crippen molar-refractivity contribution in [2.24, 2.45) is 0 Å². The molecule has 16 heavy (non-hydrogen) atoms. The smallest absolute Gasteiger partial charge is 0.189 e. The van der Waals surface area contributed by atoms with Crippen LogP contribution in [0, 0.1) is 0 Å². The number of aromatic hydroxyl groups is 1. The maximum absolute atomic E-state index is 11.7. The summed E-state index contributed by atoms with van der Waals surface area (Å²) in [4.78, 5) is 11.7. The number of phenols is 1. The minimum absolute atomic E-state index is 0.0470. The van der Waals surface area contributed by atoms with Gasteiger partial charge >= 0.3 is 0 Å². The molecule has 0 aliphatic heterocycles.